The van der Waals surface area contributed by atoms with E-state index in [9.17, 15) is 4.79 Å². The van der Waals surface area contributed by atoms with Gasteiger partial charge in [0.15, 0.2) is 0 Å². The lowest BCUT2D eigenvalue weighted by Gasteiger charge is -2.54. The summed E-state index contributed by atoms with van der Waals surface area (Å²) < 4.78 is 11.5. The summed E-state index contributed by atoms with van der Waals surface area (Å²) >= 11 is 3.57. The van der Waals surface area contributed by atoms with Crippen LogP contribution in [0.3, 0.4) is 0 Å². The van der Waals surface area contributed by atoms with Gasteiger partial charge in [0.2, 0.25) is 0 Å². The van der Waals surface area contributed by atoms with Gasteiger partial charge in [-0.2, -0.15) is 0 Å². The Kier molecular flexibility index (Phi) is 4.52. The molecule has 0 spiro atoms. The van der Waals surface area contributed by atoms with Gasteiger partial charge in [-0.1, -0.05) is 46.3 Å². The first-order valence-corrected chi connectivity index (χ1v) is 10.9. The first-order chi connectivity index (χ1) is 14.5. The largest absolute Gasteiger partial charge is 0.497 e. The number of rotatable bonds is 3. The molecule has 0 N–H and O–H groups in total. The smallest absolute Gasteiger partial charge is 0.257 e. The maximum Gasteiger partial charge on any atom is 0.257 e. The molecule has 2 fully saturated rings. The van der Waals surface area contributed by atoms with Crippen molar-refractivity contribution in [2.75, 3.05) is 18.6 Å². The number of ether oxygens (including phenoxy) is 2. The Labute approximate surface area is 184 Å². The van der Waals surface area contributed by atoms with Gasteiger partial charge in [-0.15, -0.1) is 0 Å². The predicted molar refractivity (Wildman–Crippen MR) is 120 cm³/mol. The average molecular weight is 467 g/mol. The second-order valence-electron chi connectivity index (χ2n) is 8.16. The minimum absolute atomic E-state index is 0.0419. The molecule has 2 saturated heterocycles. The van der Waals surface area contributed by atoms with Crippen molar-refractivity contribution in [3.05, 3.63) is 76.4 Å². The Morgan fingerprint density at radius 3 is 2.47 bits per heavy atom. The van der Waals surface area contributed by atoms with Crippen LogP contribution in [0.2, 0.25) is 0 Å². The van der Waals surface area contributed by atoms with Crippen LogP contribution in [-0.2, 0) is 9.53 Å². The van der Waals surface area contributed by atoms with Gasteiger partial charge in [-0.3, -0.25) is 9.69 Å². The van der Waals surface area contributed by atoms with E-state index in [0.29, 0.717) is 6.61 Å². The first-order valence-electron chi connectivity index (χ1n) is 9.99. The van der Waals surface area contributed by atoms with Gasteiger partial charge in [0.1, 0.15) is 11.5 Å². The highest BCUT2D eigenvalue weighted by Crippen LogP contribution is 2.52. The lowest BCUT2D eigenvalue weighted by molar-refractivity contribution is -0.119. The molecule has 30 heavy (non-hydrogen) atoms. The normalized spacial score (nSPS) is 25.9. The van der Waals surface area contributed by atoms with E-state index >= 15 is 0 Å². The number of carbonyl (C=O) groups excluding carboxylic acids is 1. The molecule has 0 bridgehead atoms. The highest BCUT2D eigenvalue weighted by atomic mass is 79.9. The molecule has 6 heteroatoms. The molecule has 2 aromatic carbocycles. The summed E-state index contributed by atoms with van der Waals surface area (Å²) in [5.41, 5.74) is 4.25. The molecular formula is C24H23BrN2O3. The van der Waals surface area contributed by atoms with Gasteiger partial charge in [0, 0.05) is 16.2 Å². The minimum atomic E-state index is -0.472. The number of anilines is 1. The summed E-state index contributed by atoms with van der Waals surface area (Å²) in [5.74, 6) is 0.813. The van der Waals surface area contributed by atoms with Crippen molar-refractivity contribution in [2.24, 2.45) is 0 Å². The molecule has 5 rings (SSSR count). The molecule has 2 atom stereocenters. The fourth-order valence-electron chi connectivity index (χ4n) is 4.89. The van der Waals surface area contributed by atoms with Crippen molar-refractivity contribution < 1.29 is 14.3 Å². The van der Waals surface area contributed by atoms with Crippen molar-refractivity contribution in [1.82, 2.24) is 4.90 Å². The van der Waals surface area contributed by atoms with E-state index in [4.69, 9.17) is 9.47 Å². The van der Waals surface area contributed by atoms with E-state index in [1.165, 1.54) is 0 Å². The van der Waals surface area contributed by atoms with Gasteiger partial charge < -0.3 is 14.4 Å². The van der Waals surface area contributed by atoms with Gasteiger partial charge in [-0.25, -0.2) is 0 Å². The Morgan fingerprint density at radius 2 is 1.83 bits per heavy atom. The van der Waals surface area contributed by atoms with E-state index < -0.39 is 5.72 Å². The summed E-state index contributed by atoms with van der Waals surface area (Å²) in [4.78, 5) is 19.6. The van der Waals surface area contributed by atoms with Crippen LogP contribution in [0.5, 0.6) is 5.75 Å². The van der Waals surface area contributed by atoms with Crippen LogP contribution in [0, 0.1) is 0 Å². The topological polar surface area (TPSA) is 42.0 Å². The third-order valence-corrected chi connectivity index (χ3v) is 6.64. The number of allylic oxidation sites excluding steroid dienone is 1. The Balaban J connectivity index is 1.68. The number of halogens is 1. The maximum atomic E-state index is 13.5. The van der Waals surface area contributed by atoms with Crippen LogP contribution < -0.4 is 9.64 Å². The number of fused-ring (bicyclic) bond motifs is 3. The van der Waals surface area contributed by atoms with E-state index in [1.807, 2.05) is 52.3 Å². The Morgan fingerprint density at radius 1 is 1.13 bits per heavy atom. The predicted octanol–water partition coefficient (Wildman–Crippen LogP) is 4.55. The molecule has 0 aromatic heterocycles. The van der Waals surface area contributed by atoms with Crippen LogP contribution in [0.15, 0.2) is 70.9 Å². The monoisotopic (exact) mass is 466 g/mol. The first kappa shape index (κ1) is 19.4. The number of nitrogens with zero attached hydrogens (tertiary/aromatic N) is 2. The fraction of sp³-hybridized carbons (Fsp3) is 0.292. The number of carbonyl (C=O) groups is 1. The molecule has 3 aliphatic heterocycles. The standard InChI is InChI=1S/C24H23BrN2O3/c1-24(2)27-18(13-25)20(15-7-5-4-6-8-15)21-22(19(27)14-30-24)26(23(21)28)16-9-11-17(29-3)12-10-16/h4-13,19,22H,14H2,1-3H3/b18-13-/t19?,22-/m1/s1. The van der Waals surface area contributed by atoms with E-state index in [0.717, 1.165) is 33.8 Å². The maximum absolute atomic E-state index is 13.5. The number of β-lactam (4-membered cyclic amide) rings is 1. The molecular weight excluding hydrogens is 444 g/mol. The summed E-state index contributed by atoms with van der Waals surface area (Å²) in [7, 11) is 1.64. The lowest BCUT2D eigenvalue weighted by atomic mass is 9.76. The molecule has 1 amide bonds. The average Bonchev–Trinajstić information content (AvgIpc) is 3.08. The quantitative estimate of drug-likeness (QED) is 0.622. The summed E-state index contributed by atoms with van der Waals surface area (Å²) in [6, 6.07) is 17.8. The molecule has 154 valence electrons. The summed E-state index contributed by atoms with van der Waals surface area (Å²) in [6.45, 7) is 4.72. The van der Waals surface area contributed by atoms with Crippen molar-refractivity contribution in [3.63, 3.8) is 0 Å². The van der Waals surface area contributed by atoms with Crippen molar-refractivity contribution in [1.29, 1.82) is 0 Å². The highest BCUT2D eigenvalue weighted by Gasteiger charge is 2.59. The molecule has 0 aliphatic carbocycles. The number of benzene rings is 2. The van der Waals surface area contributed by atoms with Crippen molar-refractivity contribution >= 4 is 33.1 Å². The fourth-order valence-corrected chi connectivity index (χ4v) is 5.34. The molecule has 0 saturated carbocycles. The van der Waals surface area contributed by atoms with Gasteiger partial charge in [-0.05, 0) is 43.7 Å². The number of amides is 1. The molecule has 0 radical (unpaired) electrons. The lowest BCUT2D eigenvalue weighted by Crippen LogP contribution is -2.67. The van der Waals surface area contributed by atoms with Crippen LogP contribution >= 0.6 is 15.9 Å². The van der Waals surface area contributed by atoms with E-state index in [1.54, 1.807) is 7.11 Å². The van der Waals surface area contributed by atoms with E-state index in [-0.39, 0.29) is 18.0 Å². The van der Waals surface area contributed by atoms with Crippen LogP contribution in [-0.4, -0.2) is 42.3 Å². The SMILES string of the molecule is COc1ccc(N2C(=O)C3=C(c4ccccc4)/C(=C/Br)N4C(COC4(C)C)[C@H]32)cc1. The zero-order chi connectivity index (χ0) is 21.0. The van der Waals surface area contributed by atoms with E-state index in [2.05, 4.69) is 46.8 Å². The Bertz CT molecular complexity index is 1060. The molecule has 2 aromatic rings. The third kappa shape index (κ3) is 2.67. The van der Waals surface area contributed by atoms with Gasteiger partial charge in [0.05, 0.1) is 37.1 Å². The zero-order valence-electron chi connectivity index (χ0n) is 17.1. The Hall–Kier alpha value is -2.57. The number of methoxy groups -OCH3 is 1. The molecule has 3 aliphatic rings. The second-order valence-corrected chi connectivity index (χ2v) is 8.62. The number of hydrogen-bond acceptors (Lipinski definition) is 4. The summed E-state index contributed by atoms with van der Waals surface area (Å²) in [6.07, 6.45) is 0. The van der Waals surface area contributed by atoms with Gasteiger partial charge >= 0.3 is 0 Å². The second kappa shape index (κ2) is 7.00. The van der Waals surface area contributed by atoms with Crippen LogP contribution in [0.4, 0.5) is 5.69 Å². The minimum Gasteiger partial charge on any atom is -0.497 e. The van der Waals surface area contributed by atoms with Crippen LogP contribution in [0.25, 0.3) is 5.57 Å². The van der Waals surface area contributed by atoms with Crippen molar-refractivity contribution in [2.45, 2.75) is 31.7 Å². The third-order valence-electron chi connectivity index (χ3n) is 6.21. The molecule has 1 unspecified atom stereocenters. The van der Waals surface area contributed by atoms with Gasteiger partial charge in [0.25, 0.3) is 5.91 Å². The molecule has 3 heterocycles. The number of hydrogen-bond donors (Lipinski definition) is 0. The van der Waals surface area contributed by atoms with Crippen LogP contribution in [0.1, 0.15) is 19.4 Å². The zero-order valence-corrected chi connectivity index (χ0v) is 18.7. The molecule has 5 nitrogen and oxygen atoms in total. The highest BCUT2D eigenvalue weighted by molar-refractivity contribution is 9.11. The summed E-state index contributed by atoms with van der Waals surface area (Å²) in [5, 5.41) is 0. The van der Waals surface area contributed by atoms with Crippen molar-refractivity contribution in [3.8, 4) is 5.75 Å².